The smallest absolute Gasteiger partial charge is 0.303 e. The van der Waals surface area contributed by atoms with E-state index in [1.54, 1.807) is 0 Å². The average molecular weight is 231 g/mol. The summed E-state index contributed by atoms with van der Waals surface area (Å²) in [6, 6.07) is 11.8. The first-order chi connectivity index (χ1) is 8.24. The van der Waals surface area contributed by atoms with Crippen LogP contribution < -0.4 is 0 Å². The number of rotatable bonds is 6. The van der Waals surface area contributed by atoms with E-state index in [1.807, 2.05) is 30.3 Å². The van der Waals surface area contributed by atoms with Crippen molar-refractivity contribution < 1.29 is 9.53 Å². The fourth-order valence-electron chi connectivity index (χ4n) is 1.70. The monoisotopic (exact) mass is 231 g/mol. The minimum Gasteiger partial charge on any atom is -0.458 e. The van der Waals surface area contributed by atoms with Gasteiger partial charge in [-0.15, -0.1) is 0 Å². The fourth-order valence-corrected chi connectivity index (χ4v) is 1.70. The summed E-state index contributed by atoms with van der Waals surface area (Å²) in [5.41, 5.74) is 1.01. The van der Waals surface area contributed by atoms with E-state index in [-0.39, 0.29) is 12.1 Å². The van der Waals surface area contributed by atoms with Crippen molar-refractivity contribution in [2.45, 2.75) is 38.7 Å². The Labute approximate surface area is 102 Å². The van der Waals surface area contributed by atoms with Crippen LogP contribution in [0.15, 0.2) is 30.3 Å². The highest BCUT2D eigenvalue weighted by Gasteiger charge is 2.13. The molecule has 1 atom stereocenters. The van der Waals surface area contributed by atoms with Crippen LogP contribution in [0.5, 0.6) is 0 Å². The molecule has 0 radical (unpaired) electrons. The van der Waals surface area contributed by atoms with Crippen LogP contribution in [0.25, 0.3) is 0 Å². The number of nitrogens with zero attached hydrogens (tertiary/aromatic N) is 1. The molecule has 0 fully saturated rings. The zero-order valence-electron chi connectivity index (χ0n) is 10.1. The van der Waals surface area contributed by atoms with Crippen molar-refractivity contribution in [3.05, 3.63) is 35.9 Å². The van der Waals surface area contributed by atoms with Crippen molar-refractivity contribution >= 4 is 5.97 Å². The predicted molar refractivity (Wildman–Crippen MR) is 65.0 cm³/mol. The van der Waals surface area contributed by atoms with E-state index in [2.05, 4.69) is 6.07 Å². The van der Waals surface area contributed by atoms with Crippen LogP contribution in [0.3, 0.4) is 0 Å². The summed E-state index contributed by atoms with van der Waals surface area (Å²) in [6.07, 6.45) is 2.88. The molecule has 1 rings (SSSR count). The lowest BCUT2D eigenvalue weighted by Crippen LogP contribution is -2.08. The van der Waals surface area contributed by atoms with Gasteiger partial charge in [-0.1, -0.05) is 30.3 Å². The van der Waals surface area contributed by atoms with E-state index < -0.39 is 0 Å². The van der Waals surface area contributed by atoms with Gasteiger partial charge in [-0.2, -0.15) is 5.26 Å². The quantitative estimate of drug-likeness (QED) is 0.557. The van der Waals surface area contributed by atoms with Gasteiger partial charge in [-0.25, -0.2) is 0 Å². The number of carbonyl (C=O) groups is 1. The SMILES string of the molecule is CC(=O)OC(CCCCC#N)c1ccccc1. The summed E-state index contributed by atoms with van der Waals surface area (Å²) < 4.78 is 5.29. The maximum atomic E-state index is 11.0. The third-order valence-electron chi connectivity index (χ3n) is 2.48. The maximum absolute atomic E-state index is 11.0. The lowest BCUT2D eigenvalue weighted by atomic mass is 10.0. The molecule has 1 aromatic carbocycles. The highest BCUT2D eigenvalue weighted by Crippen LogP contribution is 2.23. The Bertz CT molecular complexity index is 381. The normalized spacial score (nSPS) is 11.5. The molecule has 0 saturated carbocycles. The van der Waals surface area contributed by atoms with Crippen molar-refractivity contribution in [2.75, 3.05) is 0 Å². The van der Waals surface area contributed by atoms with Gasteiger partial charge in [0.25, 0.3) is 0 Å². The van der Waals surface area contributed by atoms with Crippen LogP contribution in [0.1, 0.15) is 44.3 Å². The molecule has 0 aliphatic heterocycles. The topological polar surface area (TPSA) is 50.1 Å². The van der Waals surface area contributed by atoms with Crippen LogP contribution in [0.2, 0.25) is 0 Å². The van der Waals surface area contributed by atoms with E-state index in [1.165, 1.54) is 6.92 Å². The van der Waals surface area contributed by atoms with Gasteiger partial charge >= 0.3 is 5.97 Å². The lowest BCUT2D eigenvalue weighted by molar-refractivity contribution is -0.147. The molecule has 0 aromatic heterocycles. The first kappa shape index (κ1) is 13.2. The lowest BCUT2D eigenvalue weighted by Gasteiger charge is -2.17. The Morgan fingerprint density at radius 2 is 2.06 bits per heavy atom. The highest BCUT2D eigenvalue weighted by atomic mass is 16.5. The van der Waals surface area contributed by atoms with E-state index >= 15 is 0 Å². The molecule has 17 heavy (non-hydrogen) atoms. The molecule has 1 unspecified atom stereocenters. The summed E-state index contributed by atoms with van der Waals surface area (Å²) in [5, 5.41) is 8.46. The minimum atomic E-state index is -0.265. The zero-order valence-corrected chi connectivity index (χ0v) is 10.1. The number of esters is 1. The van der Waals surface area contributed by atoms with Gasteiger partial charge in [0.2, 0.25) is 0 Å². The Morgan fingerprint density at radius 3 is 2.65 bits per heavy atom. The van der Waals surface area contributed by atoms with Gasteiger partial charge in [0.15, 0.2) is 0 Å². The molecular formula is C14H17NO2. The number of benzene rings is 1. The fraction of sp³-hybridized carbons (Fsp3) is 0.429. The molecule has 1 aromatic rings. The van der Waals surface area contributed by atoms with Crippen LogP contribution >= 0.6 is 0 Å². The molecule has 0 saturated heterocycles. The van der Waals surface area contributed by atoms with Gasteiger partial charge < -0.3 is 4.74 Å². The molecule has 0 bridgehead atoms. The molecule has 0 N–H and O–H groups in total. The minimum absolute atomic E-state index is 0.188. The number of nitriles is 1. The van der Waals surface area contributed by atoms with Crippen LogP contribution in [-0.2, 0) is 9.53 Å². The van der Waals surface area contributed by atoms with Gasteiger partial charge in [0.05, 0.1) is 6.07 Å². The first-order valence-corrected chi connectivity index (χ1v) is 5.83. The van der Waals surface area contributed by atoms with Crippen molar-refractivity contribution in [3.8, 4) is 6.07 Å². The van der Waals surface area contributed by atoms with Crippen LogP contribution in [-0.4, -0.2) is 5.97 Å². The van der Waals surface area contributed by atoms with E-state index in [0.29, 0.717) is 6.42 Å². The Balaban J connectivity index is 2.55. The standard InChI is InChI=1S/C14H17NO2/c1-12(16)17-14(10-6-3-7-11-15)13-8-4-2-5-9-13/h2,4-5,8-9,14H,3,6-7,10H2,1H3. The van der Waals surface area contributed by atoms with E-state index in [9.17, 15) is 4.79 Å². The summed E-state index contributed by atoms with van der Waals surface area (Å²) in [4.78, 5) is 11.0. The maximum Gasteiger partial charge on any atom is 0.303 e. The Morgan fingerprint density at radius 1 is 1.35 bits per heavy atom. The first-order valence-electron chi connectivity index (χ1n) is 5.83. The molecule has 0 spiro atoms. The van der Waals surface area contributed by atoms with Crippen molar-refractivity contribution in [3.63, 3.8) is 0 Å². The third-order valence-corrected chi connectivity index (χ3v) is 2.48. The second kappa shape index (κ2) is 7.45. The van der Waals surface area contributed by atoms with Gasteiger partial charge in [-0.05, 0) is 24.8 Å². The molecule has 0 amide bonds. The number of unbranched alkanes of at least 4 members (excludes halogenated alkanes) is 2. The summed E-state index contributed by atoms with van der Waals surface area (Å²) >= 11 is 0. The summed E-state index contributed by atoms with van der Waals surface area (Å²) in [5.74, 6) is -0.265. The summed E-state index contributed by atoms with van der Waals surface area (Å²) in [6.45, 7) is 1.42. The number of hydrogen-bond acceptors (Lipinski definition) is 3. The highest BCUT2D eigenvalue weighted by molar-refractivity contribution is 5.66. The zero-order chi connectivity index (χ0) is 12.5. The molecule has 0 aliphatic rings. The van der Waals surface area contributed by atoms with Crippen LogP contribution in [0, 0.1) is 11.3 Å². The Hall–Kier alpha value is -1.82. The predicted octanol–water partition coefficient (Wildman–Crippen LogP) is 3.37. The second-order valence-corrected chi connectivity index (χ2v) is 3.91. The van der Waals surface area contributed by atoms with Crippen molar-refractivity contribution in [1.82, 2.24) is 0 Å². The molecule has 0 heterocycles. The largest absolute Gasteiger partial charge is 0.458 e. The summed E-state index contributed by atoms with van der Waals surface area (Å²) in [7, 11) is 0. The average Bonchev–Trinajstić information content (AvgIpc) is 2.34. The van der Waals surface area contributed by atoms with Crippen molar-refractivity contribution in [2.24, 2.45) is 0 Å². The molecule has 0 aliphatic carbocycles. The number of hydrogen-bond donors (Lipinski definition) is 0. The molecule has 3 heteroatoms. The second-order valence-electron chi connectivity index (χ2n) is 3.91. The van der Waals surface area contributed by atoms with Gasteiger partial charge in [0, 0.05) is 13.3 Å². The molecule has 3 nitrogen and oxygen atoms in total. The number of carbonyl (C=O) groups excluding carboxylic acids is 1. The van der Waals surface area contributed by atoms with E-state index in [4.69, 9.17) is 10.00 Å². The molecular weight excluding hydrogens is 214 g/mol. The molecule has 90 valence electrons. The number of ether oxygens (including phenoxy) is 1. The van der Waals surface area contributed by atoms with Crippen molar-refractivity contribution in [1.29, 1.82) is 5.26 Å². The van der Waals surface area contributed by atoms with E-state index in [0.717, 1.165) is 24.8 Å². The van der Waals surface area contributed by atoms with Crippen LogP contribution in [0.4, 0.5) is 0 Å². The Kier molecular flexibility index (Phi) is 5.81. The third kappa shape index (κ3) is 5.17. The van der Waals surface area contributed by atoms with Gasteiger partial charge in [0.1, 0.15) is 6.10 Å². The van der Waals surface area contributed by atoms with Gasteiger partial charge in [-0.3, -0.25) is 4.79 Å².